The Morgan fingerprint density at radius 3 is 2.70 bits per heavy atom. The molecule has 158 valence electrons. The highest BCUT2D eigenvalue weighted by Crippen LogP contribution is 2.34. The summed E-state index contributed by atoms with van der Waals surface area (Å²) in [6, 6.07) is 8.05. The number of amides is 1. The summed E-state index contributed by atoms with van der Waals surface area (Å²) in [5.74, 6) is 1.82. The number of aromatic nitrogens is 2. The predicted molar refractivity (Wildman–Crippen MR) is 124 cm³/mol. The number of piperazine rings is 1. The molecule has 1 saturated heterocycles. The Kier molecular flexibility index (Phi) is 6.43. The average Bonchev–Trinajstić information content (AvgIpc) is 3.08. The monoisotopic (exact) mass is 442 g/mol. The minimum atomic E-state index is 0.214. The number of ether oxygens (including phenoxy) is 1. The summed E-state index contributed by atoms with van der Waals surface area (Å²) < 4.78 is 5.47. The lowest BCUT2D eigenvalue weighted by molar-refractivity contribution is -0.131. The van der Waals surface area contributed by atoms with Gasteiger partial charge in [0.05, 0.1) is 12.8 Å². The molecule has 0 saturated carbocycles. The van der Waals surface area contributed by atoms with Gasteiger partial charge in [0.2, 0.25) is 5.91 Å². The molecule has 1 fully saturated rings. The molecule has 1 aliphatic heterocycles. The van der Waals surface area contributed by atoms with Gasteiger partial charge in [-0.3, -0.25) is 4.79 Å². The molecule has 1 amide bonds. The number of thioether (sulfide) groups is 1. The van der Waals surface area contributed by atoms with Gasteiger partial charge in [-0.25, -0.2) is 9.97 Å². The van der Waals surface area contributed by atoms with Crippen molar-refractivity contribution in [3.8, 4) is 5.75 Å². The van der Waals surface area contributed by atoms with E-state index in [-0.39, 0.29) is 5.91 Å². The van der Waals surface area contributed by atoms with E-state index in [0.717, 1.165) is 58.6 Å². The number of anilines is 1. The van der Waals surface area contributed by atoms with Crippen LogP contribution in [0.1, 0.15) is 16.9 Å². The van der Waals surface area contributed by atoms with E-state index in [4.69, 9.17) is 4.74 Å². The number of nitrogens with zero attached hydrogens (tertiary/aromatic N) is 4. The molecule has 1 aliphatic rings. The maximum atomic E-state index is 12.7. The van der Waals surface area contributed by atoms with E-state index in [1.54, 1.807) is 36.5 Å². The number of methoxy groups -OCH3 is 1. The number of carbonyl (C=O) groups is 1. The Morgan fingerprint density at radius 1 is 1.17 bits per heavy atom. The lowest BCUT2D eigenvalue weighted by atomic mass is 10.2. The molecular formula is C22H26N4O2S2. The second-order valence-corrected chi connectivity index (χ2v) is 9.57. The van der Waals surface area contributed by atoms with Crippen LogP contribution in [0.4, 0.5) is 5.69 Å². The molecular weight excluding hydrogens is 416 g/mol. The first-order chi connectivity index (χ1) is 14.6. The Balaban J connectivity index is 1.31. The molecule has 0 unspecified atom stereocenters. The first-order valence-corrected chi connectivity index (χ1v) is 11.9. The third-order valence-corrected chi connectivity index (χ3v) is 7.65. The molecule has 2 aromatic heterocycles. The molecule has 0 N–H and O–H groups in total. The standard InChI is InChI=1S/C22H26N4O2S2/c1-15-16(2)30-22-20(15)21(23-14-24-22)29-13-8-19(27)26-11-9-25(10-12-26)17-6-4-5-7-18(17)28-3/h4-7,14H,8-13H2,1-3H3. The van der Waals surface area contributed by atoms with Crippen LogP contribution in [-0.2, 0) is 4.79 Å². The summed E-state index contributed by atoms with van der Waals surface area (Å²) in [5, 5.41) is 2.12. The number of thiophene rings is 1. The number of hydrogen-bond acceptors (Lipinski definition) is 7. The van der Waals surface area contributed by atoms with Crippen LogP contribution >= 0.6 is 23.1 Å². The van der Waals surface area contributed by atoms with Crippen LogP contribution < -0.4 is 9.64 Å². The highest BCUT2D eigenvalue weighted by atomic mass is 32.2. The molecule has 0 aliphatic carbocycles. The van der Waals surface area contributed by atoms with Crippen LogP contribution in [0.5, 0.6) is 5.75 Å². The highest BCUT2D eigenvalue weighted by Gasteiger charge is 2.23. The van der Waals surface area contributed by atoms with Crippen LogP contribution in [0.15, 0.2) is 35.6 Å². The van der Waals surface area contributed by atoms with Crippen molar-refractivity contribution in [3.05, 3.63) is 41.0 Å². The van der Waals surface area contributed by atoms with Gasteiger partial charge in [-0.15, -0.1) is 23.1 Å². The first kappa shape index (κ1) is 20.9. The SMILES string of the molecule is COc1ccccc1N1CCN(C(=O)CCSc2ncnc3sc(C)c(C)c23)CC1. The van der Waals surface area contributed by atoms with Gasteiger partial charge < -0.3 is 14.5 Å². The van der Waals surface area contributed by atoms with Gasteiger partial charge in [-0.1, -0.05) is 12.1 Å². The van der Waals surface area contributed by atoms with Gasteiger partial charge in [0.15, 0.2) is 0 Å². The van der Waals surface area contributed by atoms with Crippen molar-refractivity contribution in [2.75, 3.05) is 43.9 Å². The number of aryl methyl sites for hydroxylation is 2. The number of hydrogen-bond donors (Lipinski definition) is 0. The molecule has 0 radical (unpaired) electrons. The van der Waals surface area contributed by atoms with E-state index in [1.807, 2.05) is 23.1 Å². The molecule has 8 heteroatoms. The molecule has 0 atom stereocenters. The lowest BCUT2D eigenvalue weighted by Crippen LogP contribution is -2.49. The second kappa shape index (κ2) is 9.22. The molecule has 1 aromatic carbocycles. The quantitative estimate of drug-likeness (QED) is 0.422. The number of benzene rings is 1. The van der Waals surface area contributed by atoms with Gasteiger partial charge in [0.1, 0.15) is 21.9 Å². The fourth-order valence-corrected chi connectivity index (χ4v) is 5.79. The maximum absolute atomic E-state index is 12.7. The van der Waals surface area contributed by atoms with E-state index in [1.165, 1.54) is 10.4 Å². The second-order valence-electron chi connectivity index (χ2n) is 7.28. The number of fused-ring (bicyclic) bond motifs is 1. The molecule has 6 nitrogen and oxygen atoms in total. The Morgan fingerprint density at radius 2 is 1.93 bits per heavy atom. The van der Waals surface area contributed by atoms with E-state index < -0.39 is 0 Å². The highest BCUT2D eigenvalue weighted by molar-refractivity contribution is 7.99. The fourth-order valence-electron chi connectivity index (χ4n) is 3.74. The van der Waals surface area contributed by atoms with Crippen molar-refractivity contribution < 1.29 is 9.53 Å². The van der Waals surface area contributed by atoms with Crippen LogP contribution in [0.3, 0.4) is 0 Å². The van der Waals surface area contributed by atoms with Crippen molar-refractivity contribution >= 4 is 44.9 Å². The van der Waals surface area contributed by atoms with E-state index in [0.29, 0.717) is 6.42 Å². The fraction of sp³-hybridized carbons (Fsp3) is 0.409. The zero-order chi connectivity index (χ0) is 21.1. The molecule has 30 heavy (non-hydrogen) atoms. The maximum Gasteiger partial charge on any atom is 0.223 e. The van der Waals surface area contributed by atoms with Gasteiger partial charge in [0.25, 0.3) is 0 Å². The zero-order valence-corrected chi connectivity index (χ0v) is 19.2. The molecule has 3 aromatic rings. The number of carbonyl (C=O) groups excluding carboxylic acids is 1. The summed E-state index contributed by atoms with van der Waals surface area (Å²) in [6.45, 7) is 7.35. The molecule has 0 spiro atoms. The number of para-hydroxylation sites is 2. The van der Waals surface area contributed by atoms with Crippen molar-refractivity contribution in [2.45, 2.75) is 25.3 Å². The van der Waals surface area contributed by atoms with E-state index in [9.17, 15) is 4.79 Å². The lowest BCUT2D eigenvalue weighted by Gasteiger charge is -2.36. The van der Waals surface area contributed by atoms with E-state index in [2.05, 4.69) is 34.8 Å². The first-order valence-electron chi connectivity index (χ1n) is 10.1. The summed E-state index contributed by atoms with van der Waals surface area (Å²) in [7, 11) is 1.70. The minimum Gasteiger partial charge on any atom is -0.495 e. The van der Waals surface area contributed by atoms with Crippen LogP contribution in [0.25, 0.3) is 10.2 Å². The minimum absolute atomic E-state index is 0.214. The largest absolute Gasteiger partial charge is 0.495 e. The van der Waals surface area contributed by atoms with Crippen molar-refractivity contribution in [3.63, 3.8) is 0 Å². The topological polar surface area (TPSA) is 58.6 Å². The van der Waals surface area contributed by atoms with Crippen LogP contribution in [-0.4, -0.2) is 59.8 Å². The molecule has 4 rings (SSSR count). The Bertz CT molecular complexity index is 1040. The van der Waals surface area contributed by atoms with Crippen LogP contribution in [0, 0.1) is 13.8 Å². The van der Waals surface area contributed by atoms with Crippen LogP contribution in [0.2, 0.25) is 0 Å². The zero-order valence-electron chi connectivity index (χ0n) is 17.6. The molecule has 0 bridgehead atoms. The van der Waals surface area contributed by atoms with Crippen molar-refractivity contribution in [1.82, 2.24) is 14.9 Å². The Labute approximate surface area is 185 Å². The molecule has 3 heterocycles. The van der Waals surface area contributed by atoms with Crippen molar-refractivity contribution in [2.24, 2.45) is 0 Å². The number of rotatable bonds is 6. The third-order valence-electron chi connectivity index (χ3n) is 5.54. The normalized spacial score (nSPS) is 14.4. The predicted octanol–water partition coefficient (Wildman–Crippen LogP) is 4.15. The van der Waals surface area contributed by atoms with Gasteiger partial charge in [-0.05, 0) is 31.5 Å². The third kappa shape index (κ3) is 4.25. The summed E-state index contributed by atoms with van der Waals surface area (Å²) in [5.41, 5.74) is 2.34. The van der Waals surface area contributed by atoms with E-state index >= 15 is 0 Å². The summed E-state index contributed by atoms with van der Waals surface area (Å²) in [4.78, 5) is 28.1. The van der Waals surface area contributed by atoms with Gasteiger partial charge in [0, 0.05) is 48.6 Å². The smallest absolute Gasteiger partial charge is 0.223 e. The summed E-state index contributed by atoms with van der Waals surface area (Å²) >= 11 is 3.36. The van der Waals surface area contributed by atoms with Gasteiger partial charge >= 0.3 is 0 Å². The van der Waals surface area contributed by atoms with Gasteiger partial charge in [-0.2, -0.15) is 0 Å². The Hall–Kier alpha value is -2.32. The van der Waals surface area contributed by atoms with Crippen molar-refractivity contribution in [1.29, 1.82) is 0 Å². The summed E-state index contributed by atoms with van der Waals surface area (Å²) in [6.07, 6.45) is 2.14. The average molecular weight is 443 g/mol.